The first-order valence-electron chi connectivity index (χ1n) is 6.70. The number of Topliss-reactive ketones (excluding diaryl/α,β-unsaturated/α-hetero) is 1. The number of hydrogen-bond donors (Lipinski definition) is 0. The predicted molar refractivity (Wildman–Crippen MR) is 77.8 cm³/mol. The van der Waals surface area contributed by atoms with Crippen molar-refractivity contribution in [2.24, 2.45) is 0 Å². The van der Waals surface area contributed by atoms with Crippen LogP contribution < -0.4 is 4.90 Å². The van der Waals surface area contributed by atoms with E-state index in [-0.39, 0.29) is 12.4 Å². The SMILES string of the molecule is Cc1cc(F)ccc1CN1C(=O)C(=O)c2cccc(C)c21. The lowest BCUT2D eigenvalue weighted by molar-refractivity contribution is -0.114. The van der Waals surface area contributed by atoms with Gasteiger partial charge in [-0.2, -0.15) is 0 Å². The molecule has 0 aliphatic carbocycles. The fraction of sp³-hybridized carbons (Fsp3) is 0.176. The van der Waals surface area contributed by atoms with E-state index in [2.05, 4.69) is 0 Å². The number of para-hydroxylation sites is 1. The van der Waals surface area contributed by atoms with Gasteiger partial charge in [-0.25, -0.2) is 4.39 Å². The van der Waals surface area contributed by atoms with Crippen molar-refractivity contribution in [2.75, 3.05) is 4.90 Å². The molecule has 2 aromatic rings. The maximum atomic E-state index is 13.2. The van der Waals surface area contributed by atoms with Crippen molar-refractivity contribution in [1.29, 1.82) is 0 Å². The topological polar surface area (TPSA) is 37.4 Å². The van der Waals surface area contributed by atoms with E-state index in [0.29, 0.717) is 11.3 Å². The third-order valence-corrected chi connectivity index (χ3v) is 3.82. The zero-order chi connectivity index (χ0) is 15.1. The summed E-state index contributed by atoms with van der Waals surface area (Å²) in [6.45, 7) is 3.93. The molecule has 1 amide bonds. The van der Waals surface area contributed by atoms with Gasteiger partial charge in [0.1, 0.15) is 5.82 Å². The number of carbonyl (C=O) groups is 2. The summed E-state index contributed by atoms with van der Waals surface area (Å²) in [7, 11) is 0. The van der Waals surface area contributed by atoms with Crippen molar-refractivity contribution in [3.8, 4) is 0 Å². The van der Waals surface area contributed by atoms with Crippen LogP contribution in [-0.4, -0.2) is 11.7 Å². The molecule has 3 rings (SSSR count). The number of amides is 1. The third kappa shape index (κ3) is 2.13. The monoisotopic (exact) mass is 283 g/mol. The summed E-state index contributed by atoms with van der Waals surface area (Å²) < 4.78 is 13.2. The largest absolute Gasteiger partial charge is 0.300 e. The fourth-order valence-corrected chi connectivity index (χ4v) is 2.70. The Labute approximate surface area is 122 Å². The highest BCUT2D eigenvalue weighted by Crippen LogP contribution is 2.33. The predicted octanol–water partition coefficient (Wildman–Crippen LogP) is 3.17. The standard InChI is InChI=1S/C17H14FNO2/c1-10-4-3-5-14-15(10)19(17(21)16(14)20)9-12-6-7-13(18)8-11(12)2/h3-8H,9H2,1-2H3. The lowest BCUT2D eigenvalue weighted by atomic mass is 10.1. The molecule has 0 unspecified atom stereocenters. The number of anilines is 1. The van der Waals surface area contributed by atoms with Crippen LogP contribution in [0, 0.1) is 19.7 Å². The molecular weight excluding hydrogens is 269 g/mol. The van der Waals surface area contributed by atoms with E-state index in [1.54, 1.807) is 25.1 Å². The van der Waals surface area contributed by atoms with Gasteiger partial charge in [0.05, 0.1) is 17.8 Å². The van der Waals surface area contributed by atoms with E-state index in [1.165, 1.54) is 17.0 Å². The Kier molecular flexibility index (Phi) is 3.09. The Bertz CT molecular complexity index is 767. The van der Waals surface area contributed by atoms with Gasteiger partial charge in [0.15, 0.2) is 0 Å². The maximum Gasteiger partial charge on any atom is 0.299 e. The van der Waals surface area contributed by atoms with E-state index in [1.807, 2.05) is 13.0 Å². The quantitative estimate of drug-likeness (QED) is 0.794. The summed E-state index contributed by atoms with van der Waals surface area (Å²) in [5.41, 5.74) is 3.58. The number of benzene rings is 2. The van der Waals surface area contributed by atoms with Gasteiger partial charge >= 0.3 is 0 Å². The van der Waals surface area contributed by atoms with Gasteiger partial charge in [-0.15, -0.1) is 0 Å². The van der Waals surface area contributed by atoms with Gasteiger partial charge in [-0.05, 0) is 48.7 Å². The van der Waals surface area contributed by atoms with Crippen LogP contribution in [0.25, 0.3) is 0 Å². The van der Waals surface area contributed by atoms with Crippen molar-refractivity contribution >= 4 is 17.4 Å². The lowest BCUT2D eigenvalue weighted by Crippen LogP contribution is -2.29. The van der Waals surface area contributed by atoms with Gasteiger partial charge in [0.2, 0.25) is 0 Å². The van der Waals surface area contributed by atoms with Crippen LogP contribution in [0.1, 0.15) is 27.0 Å². The Balaban J connectivity index is 2.04. The molecule has 1 aliphatic rings. The first kappa shape index (κ1) is 13.5. The summed E-state index contributed by atoms with van der Waals surface area (Å²) >= 11 is 0. The van der Waals surface area contributed by atoms with E-state index >= 15 is 0 Å². The Hall–Kier alpha value is -2.49. The molecule has 0 radical (unpaired) electrons. The minimum Gasteiger partial charge on any atom is -0.300 e. The molecule has 0 bridgehead atoms. The van der Waals surface area contributed by atoms with Crippen molar-refractivity contribution in [2.45, 2.75) is 20.4 Å². The zero-order valence-corrected chi connectivity index (χ0v) is 11.8. The first-order valence-corrected chi connectivity index (χ1v) is 6.70. The Morgan fingerprint density at radius 1 is 1.05 bits per heavy atom. The molecule has 0 atom stereocenters. The van der Waals surface area contributed by atoms with Crippen molar-refractivity contribution < 1.29 is 14.0 Å². The first-order chi connectivity index (χ1) is 9.99. The second-order valence-corrected chi connectivity index (χ2v) is 5.26. The average Bonchev–Trinajstić information content (AvgIpc) is 2.68. The average molecular weight is 283 g/mol. The number of ketones is 1. The molecule has 1 heterocycles. The highest BCUT2D eigenvalue weighted by atomic mass is 19.1. The molecule has 0 aromatic heterocycles. The van der Waals surface area contributed by atoms with E-state index in [9.17, 15) is 14.0 Å². The summed E-state index contributed by atoms with van der Waals surface area (Å²) in [5.74, 6) is -1.31. The highest BCUT2D eigenvalue weighted by molar-refractivity contribution is 6.52. The van der Waals surface area contributed by atoms with Gasteiger partial charge in [-0.3, -0.25) is 9.59 Å². The number of nitrogens with zero attached hydrogens (tertiary/aromatic N) is 1. The highest BCUT2D eigenvalue weighted by Gasteiger charge is 2.36. The minimum absolute atomic E-state index is 0.272. The molecule has 0 N–H and O–H groups in total. The molecular formula is C17H14FNO2. The second kappa shape index (κ2) is 4.81. The summed E-state index contributed by atoms with van der Waals surface area (Å²) in [4.78, 5) is 25.7. The molecule has 0 spiro atoms. The van der Waals surface area contributed by atoms with E-state index in [4.69, 9.17) is 0 Å². The molecule has 0 saturated carbocycles. The van der Waals surface area contributed by atoms with Crippen molar-refractivity contribution in [3.05, 3.63) is 64.5 Å². The van der Waals surface area contributed by atoms with Crippen LogP contribution in [0.3, 0.4) is 0 Å². The summed E-state index contributed by atoms with van der Waals surface area (Å²) in [5, 5.41) is 0. The number of aryl methyl sites for hydroxylation is 2. The van der Waals surface area contributed by atoms with Gasteiger partial charge in [-0.1, -0.05) is 18.2 Å². The molecule has 3 nitrogen and oxygen atoms in total. The zero-order valence-electron chi connectivity index (χ0n) is 11.8. The molecule has 1 aliphatic heterocycles. The molecule has 4 heteroatoms. The normalized spacial score (nSPS) is 13.8. The Morgan fingerprint density at radius 2 is 1.81 bits per heavy atom. The summed E-state index contributed by atoms with van der Waals surface area (Å²) in [6.07, 6.45) is 0. The maximum absolute atomic E-state index is 13.2. The molecule has 106 valence electrons. The molecule has 0 saturated heterocycles. The van der Waals surface area contributed by atoms with E-state index < -0.39 is 11.7 Å². The van der Waals surface area contributed by atoms with Crippen LogP contribution in [0.15, 0.2) is 36.4 Å². The minimum atomic E-state index is -0.525. The smallest absolute Gasteiger partial charge is 0.299 e. The van der Waals surface area contributed by atoms with Gasteiger partial charge in [0, 0.05) is 0 Å². The number of halogens is 1. The van der Waals surface area contributed by atoms with Gasteiger partial charge < -0.3 is 4.90 Å². The van der Waals surface area contributed by atoms with Crippen LogP contribution in [0.2, 0.25) is 0 Å². The fourth-order valence-electron chi connectivity index (χ4n) is 2.70. The van der Waals surface area contributed by atoms with Crippen LogP contribution in [0.5, 0.6) is 0 Å². The number of fused-ring (bicyclic) bond motifs is 1. The van der Waals surface area contributed by atoms with Crippen molar-refractivity contribution in [1.82, 2.24) is 0 Å². The molecule has 0 fully saturated rings. The van der Waals surface area contributed by atoms with Crippen LogP contribution in [-0.2, 0) is 11.3 Å². The summed E-state index contributed by atoms with van der Waals surface area (Å²) in [6, 6.07) is 9.75. The molecule has 2 aromatic carbocycles. The second-order valence-electron chi connectivity index (χ2n) is 5.26. The number of hydrogen-bond acceptors (Lipinski definition) is 2. The van der Waals surface area contributed by atoms with E-state index in [0.717, 1.165) is 16.7 Å². The van der Waals surface area contributed by atoms with Crippen LogP contribution in [0.4, 0.5) is 10.1 Å². The van der Waals surface area contributed by atoms with Gasteiger partial charge in [0.25, 0.3) is 11.7 Å². The third-order valence-electron chi connectivity index (χ3n) is 3.82. The number of rotatable bonds is 2. The van der Waals surface area contributed by atoms with Crippen LogP contribution >= 0.6 is 0 Å². The number of carbonyl (C=O) groups excluding carboxylic acids is 2. The van der Waals surface area contributed by atoms with Crippen molar-refractivity contribution in [3.63, 3.8) is 0 Å². The Morgan fingerprint density at radius 3 is 2.52 bits per heavy atom. The lowest BCUT2D eigenvalue weighted by Gasteiger charge is -2.19. The molecule has 21 heavy (non-hydrogen) atoms.